The Bertz CT molecular complexity index is 575. The lowest BCUT2D eigenvalue weighted by atomic mass is 10.2. The van der Waals surface area contributed by atoms with Gasteiger partial charge in [0.05, 0.1) is 6.61 Å². The first-order valence-electron chi connectivity index (χ1n) is 10.1. The minimum atomic E-state index is -3.06. The molecule has 0 saturated carbocycles. The monoisotopic (exact) mass is 486 g/mol. The van der Waals surface area contributed by atoms with Crippen molar-refractivity contribution in [1.82, 2.24) is 10.6 Å². The lowest BCUT2D eigenvalue weighted by molar-refractivity contribution is -0.140. The van der Waals surface area contributed by atoms with Crippen LogP contribution in [0.2, 0.25) is 0 Å². The van der Waals surface area contributed by atoms with Crippen molar-refractivity contribution in [2.45, 2.75) is 59.0 Å². The molecule has 0 aliphatic rings. The molecule has 0 aromatic rings. The van der Waals surface area contributed by atoms with Gasteiger partial charge in [0.25, 0.3) is 7.37 Å². The summed E-state index contributed by atoms with van der Waals surface area (Å²) in [6, 6.07) is -1.82. The fourth-order valence-corrected chi connectivity index (χ4v) is 5.83. The number of thiocarbonyl (C=S) groups is 1. The number of hydrogen-bond acceptors (Lipinski definition) is 8. The van der Waals surface area contributed by atoms with Gasteiger partial charge in [-0.25, -0.2) is 4.79 Å². The number of thioether (sulfide) groups is 1. The molecule has 0 aromatic carbocycles. The van der Waals surface area contributed by atoms with Crippen LogP contribution in [0.15, 0.2) is 0 Å². The van der Waals surface area contributed by atoms with Gasteiger partial charge in [-0.1, -0.05) is 30.4 Å². The van der Waals surface area contributed by atoms with Gasteiger partial charge in [0.1, 0.15) is 10.4 Å². The molecular formula is C18H35N2O7PS2. The van der Waals surface area contributed by atoms with Crippen LogP contribution < -0.4 is 10.6 Å². The third kappa shape index (κ3) is 12.9. The topological polar surface area (TPSA) is 123 Å². The van der Waals surface area contributed by atoms with E-state index in [1.807, 2.05) is 13.8 Å². The van der Waals surface area contributed by atoms with Crippen molar-refractivity contribution >= 4 is 47.5 Å². The molecule has 0 aliphatic carbocycles. The second-order valence-electron chi connectivity index (χ2n) is 6.26. The molecule has 9 nitrogen and oxygen atoms in total. The number of carbonyl (C=O) groups is 2. The van der Waals surface area contributed by atoms with E-state index < -0.39 is 31.3 Å². The summed E-state index contributed by atoms with van der Waals surface area (Å²) in [5.41, 5.74) is 0. The molecule has 1 amide bonds. The zero-order chi connectivity index (χ0) is 23.0. The van der Waals surface area contributed by atoms with Gasteiger partial charge in [-0.3, -0.25) is 9.36 Å². The van der Waals surface area contributed by atoms with Crippen LogP contribution in [0, 0.1) is 0 Å². The van der Waals surface area contributed by atoms with Gasteiger partial charge in [-0.15, -0.1) is 0 Å². The summed E-state index contributed by atoms with van der Waals surface area (Å²) < 4.78 is 30.1. The summed E-state index contributed by atoms with van der Waals surface area (Å²) in [6.07, 6.45) is 2.68. The van der Waals surface area contributed by atoms with Crippen molar-refractivity contribution < 1.29 is 33.3 Å². The average Bonchev–Trinajstić information content (AvgIpc) is 2.67. The Hall–Kier alpha value is -0.710. The van der Waals surface area contributed by atoms with E-state index in [0.29, 0.717) is 43.3 Å². The molecule has 0 heterocycles. The van der Waals surface area contributed by atoms with Gasteiger partial charge < -0.3 is 29.7 Å². The molecule has 0 fully saturated rings. The van der Waals surface area contributed by atoms with Gasteiger partial charge in [0.15, 0.2) is 0 Å². The predicted octanol–water partition coefficient (Wildman–Crippen LogP) is 3.02. The minimum absolute atomic E-state index is 0.147. The first kappa shape index (κ1) is 29.3. The van der Waals surface area contributed by atoms with Crippen molar-refractivity contribution in [3.05, 3.63) is 0 Å². The second kappa shape index (κ2) is 16.9. The van der Waals surface area contributed by atoms with Gasteiger partial charge >= 0.3 is 5.97 Å². The number of unbranched alkanes of at least 4 members (excludes halogenated alkanes) is 2. The van der Waals surface area contributed by atoms with Gasteiger partial charge in [0.2, 0.25) is 11.9 Å². The summed E-state index contributed by atoms with van der Waals surface area (Å²) in [4.78, 5) is 22.1. The molecule has 3 N–H and O–H groups in total. The number of amides is 1. The summed E-state index contributed by atoms with van der Waals surface area (Å²) in [5.74, 6) is -1.35. The molecule has 176 valence electrons. The lowest BCUT2D eigenvalue weighted by Crippen LogP contribution is -2.42. The molecule has 2 atom stereocenters. The largest absolute Gasteiger partial charge is 0.480 e. The minimum Gasteiger partial charge on any atom is -0.480 e. The standard InChI is InChI=1S/C18H35N2O7PS2/c1-5-25-18(26-6-2)28(24,27-7-3)12-10-8-9-11-19-17(29)30-13-15(16(22)23)20-14(4)21/h15,18H,5-13H2,1-4H3,(H,19,29)(H,20,21)(H,22,23)/t15-,28?/m0/s1. The highest BCUT2D eigenvalue weighted by Crippen LogP contribution is 2.53. The van der Waals surface area contributed by atoms with Crippen LogP contribution in [-0.2, 0) is 28.2 Å². The van der Waals surface area contributed by atoms with Crippen molar-refractivity contribution in [2.75, 3.05) is 38.3 Å². The van der Waals surface area contributed by atoms with Crippen molar-refractivity contribution in [3.63, 3.8) is 0 Å². The van der Waals surface area contributed by atoms with Crippen LogP contribution >= 0.6 is 31.3 Å². The Morgan fingerprint density at radius 1 is 1.10 bits per heavy atom. The molecule has 1 unspecified atom stereocenters. The summed E-state index contributed by atoms with van der Waals surface area (Å²) >= 11 is 6.36. The van der Waals surface area contributed by atoms with Gasteiger partial charge in [0, 0.05) is 38.6 Å². The number of ether oxygens (including phenoxy) is 2. The van der Waals surface area contributed by atoms with E-state index in [4.69, 9.17) is 31.3 Å². The molecule has 30 heavy (non-hydrogen) atoms. The average molecular weight is 487 g/mol. The third-order valence-electron chi connectivity index (χ3n) is 3.76. The van der Waals surface area contributed by atoms with Crippen LogP contribution in [-0.4, -0.2) is 71.7 Å². The van der Waals surface area contributed by atoms with Crippen molar-refractivity contribution in [3.8, 4) is 0 Å². The fourth-order valence-electron chi connectivity index (χ4n) is 2.46. The molecule has 12 heteroatoms. The van der Waals surface area contributed by atoms with Crippen LogP contribution in [0.4, 0.5) is 0 Å². The number of hydrogen-bond donors (Lipinski definition) is 3. The zero-order valence-electron chi connectivity index (χ0n) is 18.2. The van der Waals surface area contributed by atoms with E-state index in [1.165, 1.54) is 18.7 Å². The van der Waals surface area contributed by atoms with E-state index in [9.17, 15) is 14.2 Å². The molecule has 0 radical (unpaired) electrons. The molecular weight excluding hydrogens is 451 g/mol. The maximum atomic E-state index is 13.1. The number of rotatable bonds is 17. The SMILES string of the molecule is CCOC(OCC)P(=O)(CCCCCNC(=S)SC[C@H](NC(C)=O)C(=O)O)OCC. The van der Waals surface area contributed by atoms with E-state index >= 15 is 0 Å². The van der Waals surface area contributed by atoms with E-state index in [-0.39, 0.29) is 5.75 Å². The fraction of sp³-hybridized carbons (Fsp3) is 0.833. The molecule has 0 saturated heterocycles. The van der Waals surface area contributed by atoms with E-state index in [1.54, 1.807) is 6.92 Å². The van der Waals surface area contributed by atoms with Crippen molar-refractivity contribution in [1.29, 1.82) is 0 Å². The Kier molecular flexibility index (Phi) is 16.5. The molecule has 0 rings (SSSR count). The van der Waals surface area contributed by atoms with Crippen molar-refractivity contribution in [2.24, 2.45) is 0 Å². The first-order valence-corrected chi connectivity index (χ1v) is 13.3. The predicted molar refractivity (Wildman–Crippen MR) is 123 cm³/mol. The number of carboxylic acids is 1. The summed E-state index contributed by atoms with van der Waals surface area (Å²) in [7, 11) is -3.06. The Morgan fingerprint density at radius 3 is 2.23 bits per heavy atom. The molecule has 0 aliphatic heterocycles. The Morgan fingerprint density at radius 2 is 1.73 bits per heavy atom. The number of carbonyl (C=O) groups excluding carboxylic acids is 1. The quantitative estimate of drug-likeness (QED) is 0.122. The van der Waals surface area contributed by atoms with E-state index in [2.05, 4.69) is 10.6 Å². The maximum absolute atomic E-state index is 13.1. The molecule has 0 aromatic heterocycles. The highest BCUT2D eigenvalue weighted by Gasteiger charge is 2.35. The van der Waals surface area contributed by atoms with Crippen LogP contribution in [0.3, 0.4) is 0 Å². The Labute approximate surface area is 188 Å². The summed E-state index contributed by atoms with van der Waals surface area (Å²) in [5, 5.41) is 14.5. The highest BCUT2D eigenvalue weighted by molar-refractivity contribution is 8.23. The van der Waals surface area contributed by atoms with Gasteiger partial charge in [-0.05, 0) is 33.6 Å². The van der Waals surface area contributed by atoms with Gasteiger partial charge in [-0.2, -0.15) is 0 Å². The number of nitrogens with one attached hydrogen (secondary N) is 2. The van der Waals surface area contributed by atoms with E-state index in [0.717, 1.165) is 12.8 Å². The molecule has 0 spiro atoms. The number of carboxylic acid groups (broad SMARTS) is 1. The van der Waals surface area contributed by atoms with Crippen LogP contribution in [0.5, 0.6) is 0 Å². The second-order valence-corrected chi connectivity index (χ2v) is 10.5. The first-order chi connectivity index (χ1) is 14.2. The lowest BCUT2D eigenvalue weighted by Gasteiger charge is -2.26. The smallest absolute Gasteiger partial charge is 0.327 e. The zero-order valence-corrected chi connectivity index (χ0v) is 20.7. The normalized spacial score (nSPS) is 14.2. The van der Waals surface area contributed by atoms with Crippen LogP contribution in [0.1, 0.15) is 47.0 Å². The van der Waals surface area contributed by atoms with Crippen LogP contribution in [0.25, 0.3) is 0 Å². The third-order valence-corrected chi connectivity index (χ3v) is 7.74. The highest BCUT2D eigenvalue weighted by atomic mass is 32.2. The Balaban J connectivity index is 4.25. The maximum Gasteiger partial charge on any atom is 0.327 e. The molecule has 0 bridgehead atoms. The number of aliphatic carboxylic acids is 1. The summed E-state index contributed by atoms with van der Waals surface area (Å²) in [6.45, 7) is 8.45.